The topological polar surface area (TPSA) is 217 Å². The Morgan fingerprint density at radius 3 is 2.53 bits per heavy atom. The first-order valence-corrected chi connectivity index (χ1v) is 16.1. The molecule has 0 radical (unpaired) electrons. The minimum Gasteiger partial charge on any atom is -0.493 e. The Morgan fingerprint density at radius 1 is 1.11 bits per heavy atom. The minimum atomic E-state index is -1.59. The summed E-state index contributed by atoms with van der Waals surface area (Å²) in [6.45, 7) is 8.62. The number of ether oxygens (including phenoxy) is 5. The number of benzene rings is 1. The fraction of sp³-hybridized carbons (Fsp3) is 0.688. The smallest absolute Gasteiger partial charge is 0.315 e. The van der Waals surface area contributed by atoms with E-state index in [0.717, 1.165) is 24.1 Å². The van der Waals surface area contributed by atoms with Crippen LogP contribution in [0.3, 0.4) is 0 Å². The molecule has 15 heteroatoms. The molecule has 2 fully saturated rings. The quantitative estimate of drug-likeness (QED) is 0.123. The molecule has 47 heavy (non-hydrogen) atoms. The Balaban J connectivity index is 1.49. The second-order valence-corrected chi connectivity index (χ2v) is 12.9. The zero-order valence-corrected chi connectivity index (χ0v) is 27.5. The van der Waals surface area contributed by atoms with Crippen molar-refractivity contribution in [1.82, 2.24) is 20.8 Å². The summed E-state index contributed by atoms with van der Waals surface area (Å²) < 4.78 is 29.5. The van der Waals surface area contributed by atoms with E-state index in [-0.39, 0.29) is 30.5 Å². The van der Waals surface area contributed by atoms with Crippen LogP contribution in [-0.4, -0.2) is 124 Å². The van der Waals surface area contributed by atoms with Crippen molar-refractivity contribution in [2.45, 2.75) is 102 Å². The molecule has 2 aromatic rings. The number of aliphatic hydroxyl groups excluding tert-OH is 5. The summed E-state index contributed by atoms with van der Waals surface area (Å²) in [5, 5.41) is 62.7. The van der Waals surface area contributed by atoms with Crippen LogP contribution in [0.1, 0.15) is 69.7 Å². The molecule has 0 bridgehead atoms. The van der Waals surface area contributed by atoms with E-state index >= 15 is 0 Å². The number of hydrogen-bond acceptors (Lipinski definition) is 12. The van der Waals surface area contributed by atoms with Crippen molar-refractivity contribution in [3.63, 3.8) is 0 Å². The maximum atomic E-state index is 12.1. The van der Waals surface area contributed by atoms with Crippen molar-refractivity contribution in [2.75, 3.05) is 39.6 Å². The molecule has 4 rings (SSSR count). The average Bonchev–Trinajstić information content (AvgIpc) is 3.44. The Morgan fingerprint density at radius 2 is 1.85 bits per heavy atom. The molecule has 1 aromatic heterocycles. The van der Waals surface area contributed by atoms with Gasteiger partial charge >= 0.3 is 6.03 Å². The lowest BCUT2D eigenvalue weighted by molar-refractivity contribution is -0.278. The number of aliphatic hydroxyl groups is 5. The molecule has 2 amide bonds. The first-order chi connectivity index (χ1) is 22.4. The van der Waals surface area contributed by atoms with Crippen LogP contribution in [0.5, 0.6) is 17.4 Å². The zero-order chi connectivity index (χ0) is 34.1. The number of carbonyl (C=O) groups excluding carboxylic acids is 1. The molecule has 0 spiro atoms. The fourth-order valence-corrected chi connectivity index (χ4v) is 5.28. The molecule has 0 saturated carbocycles. The molecule has 2 saturated heterocycles. The molecule has 1 aromatic carbocycles. The fourth-order valence-electron chi connectivity index (χ4n) is 5.28. The van der Waals surface area contributed by atoms with Crippen molar-refractivity contribution in [2.24, 2.45) is 0 Å². The highest BCUT2D eigenvalue weighted by Crippen LogP contribution is 2.35. The van der Waals surface area contributed by atoms with E-state index in [1.807, 2.05) is 32.0 Å². The summed E-state index contributed by atoms with van der Waals surface area (Å²) in [5.74, 6) is 1.38. The van der Waals surface area contributed by atoms with Gasteiger partial charge < -0.3 is 59.9 Å². The summed E-state index contributed by atoms with van der Waals surface area (Å²) in [4.78, 5) is 12.1. The Bertz CT molecular complexity index is 1280. The van der Waals surface area contributed by atoms with E-state index < -0.39 is 42.9 Å². The molecule has 0 aliphatic carbocycles. The summed E-state index contributed by atoms with van der Waals surface area (Å²) in [5.41, 5.74) is 1.59. The third-order valence-corrected chi connectivity index (χ3v) is 8.11. The van der Waals surface area contributed by atoms with Gasteiger partial charge in [0.05, 0.1) is 38.6 Å². The molecule has 3 unspecified atom stereocenters. The van der Waals surface area contributed by atoms with Gasteiger partial charge in [0.1, 0.15) is 42.0 Å². The van der Waals surface area contributed by atoms with E-state index in [1.54, 1.807) is 13.8 Å². The second kappa shape index (κ2) is 16.8. The van der Waals surface area contributed by atoms with Gasteiger partial charge in [-0.05, 0) is 37.8 Å². The van der Waals surface area contributed by atoms with Crippen LogP contribution < -0.4 is 24.8 Å². The predicted octanol–water partition coefficient (Wildman–Crippen LogP) is 0.699. The summed E-state index contributed by atoms with van der Waals surface area (Å²) in [6, 6.07) is 5.21. The first kappa shape index (κ1) is 36.7. The van der Waals surface area contributed by atoms with Crippen LogP contribution in [0.15, 0.2) is 18.2 Å². The monoisotopic (exact) mass is 666 g/mol. The molecule has 8 N–H and O–H groups in total. The van der Waals surface area contributed by atoms with Crippen LogP contribution in [-0.2, 0) is 15.9 Å². The van der Waals surface area contributed by atoms with Crippen LogP contribution >= 0.6 is 0 Å². The van der Waals surface area contributed by atoms with Gasteiger partial charge in [0.25, 0.3) is 0 Å². The molecular weight excluding hydrogens is 616 g/mol. The average molecular weight is 667 g/mol. The van der Waals surface area contributed by atoms with Crippen molar-refractivity contribution < 1.29 is 54.0 Å². The standard InChI is InChI=1S/C32H50N4O11/c1-18(2)25-22(29(36-35-25)47-30-28(41)27(40)26(39)24(16-37)46-30)14-19-6-7-21(15-23(19)45-20-8-12-43-13-9-20)44-11-5-10-33-31(42)34-32(3,4)17-38/h6-7,15,18,20,24,26-28,30,37-41H,5,8-14,16-17H2,1-4H3,(H,35,36)(H2,33,34,42)/t24?,26-,27?,28-,30?/m1/s1. The third-order valence-electron chi connectivity index (χ3n) is 8.11. The van der Waals surface area contributed by atoms with Gasteiger partial charge in [-0.15, -0.1) is 5.10 Å². The highest BCUT2D eigenvalue weighted by atomic mass is 16.7. The van der Waals surface area contributed by atoms with Crippen LogP contribution in [0.4, 0.5) is 4.79 Å². The molecule has 15 nitrogen and oxygen atoms in total. The maximum absolute atomic E-state index is 12.1. The summed E-state index contributed by atoms with van der Waals surface area (Å²) in [6.07, 6.45) is -4.88. The number of urea groups is 1. The van der Waals surface area contributed by atoms with Crippen molar-refractivity contribution in [3.05, 3.63) is 35.0 Å². The van der Waals surface area contributed by atoms with Crippen molar-refractivity contribution in [3.8, 4) is 17.4 Å². The number of nitrogens with one attached hydrogen (secondary N) is 3. The lowest BCUT2D eigenvalue weighted by Gasteiger charge is -2.39. The second-order valence-electron chi connectivity index (χ2n) is 12.9. The SMILES string of the molecule is CC(C)c1[nH]nc(OC2OC(CO)[C@@H](O)C(O)[C@H]2O)c1Cc1ccc(OCCCNC(=O)NC(C)(C)CO)cc1OC1CCOCC1. The Kier molecular flexibility index (Phi) is 13.1. The number of rotatable bonds is 15. The van der Waals surface area contributed by atoms with E-state index in [4.69, 9.17) is 23.7 Å². The van der Waals surface area contributed by atoms with Crippen molar-refractivity contribution >= 4 is 6.03 Å². The van der Waals surface area contributed by atoms with Gasteiger partial charge in [-0.2, -0.15) is 0 Å². The number of aromatic nitrogens is 2. The maximum Gasteiger partial charge on any atom is 0.315 e. The number of hydrogen-bond donors (Lipinski definition) is 8. The van der Waals surface area contributed by atoms with Crippen LogP contribution in [0.2, 0.25) is 0 Å². The lowest BCUT2D eigenvalue weighted by Crippen LogP contribution is -2.60. The van der Waals surface area contributed by atoms with Crippen LogP contribution in [0, 0.1) is 0 Å². The van der Waals surface area contributed by atoms with E-state index in [2.05, 4.69) is 20.8 Å². The number of H-pyrrole nitrogens is 1. The van der Waals surface area contributed by atoms with Gasteiger partial charge in [0.15, 0.2) is 0 Å². The highest BCUT2D eigenvalue weighted by Gasteiger charge is 2.45. The van der Waals surface area contributed by atoms with Gasteiger partial charge in [-0.1, -0.05) is 19.9 Å². The lowest BCUT2D eigenvalue weighted by atomic mass is 9.98. The molecular formula is C32H50N4O11. The number of carbonyl (C=O) groups is 1. The molecule has 3 heterocycles. The molecule has 2 aliphatic heterocycles. The van der Waals surface area contributed by atoms with Crippen molar-refractivity contribution in [1.29, 1.82) is 0 Å². The van der Waals surface area contributed by atoms with E-state index in [9.17, 15) is 30.3 Å². The Labute approximate surface area is 274 Å². The van der Waals surface area contributed by atoms with Gasteiger partial charge in [-0.25, -0.2) is 4.79 Å². The first-order valence-electron chi connectivity index (χ1n) is 16.1. The summed E-state index contributed by atoms with van der Waals surface area (Å²) >= 11 is 0. The largest absolute Gasteiger partial charge is 0.493 e. The molecule has 264 valence electrons. The normalized spacial score (nSPS) is 23.8. The zero-order valence-electron chi connectivity index (χ0n) is 27.5. The Hall–Kier alpha value is -3.18. The highest BCUT2D eigenvalue weighted by molar-refractivity contribution is 5.74. The number of nitrogens with zero attached hydrogens (tertiary/aromatic N) is 1. The predicted molar refractivity (Wildman–Crippen MR) is 169 cm³/mol. The number of amides is 2. The van der Waals surface area contributed by atoms with Gasteiger partial charge in [0.2, 0.25) is 12.2 Å². The third kappa shape index (κ3) is 9.92. The number of aromatic amines is 1. The molecule has 5 atom stereocenters. The van der Waals surface area contributed by atoms with E-state index in [1.165, 1.54) is 0 Å². The van der Waals surface area contributed by atoms with E-state index in [0.29, 0.717) is 56.3 Å². The van der Waals surface area contributed by atoms with Gasteiger partial charge in [-0.3, -0.25) is 5.10 Å². The summed E-state index contributed by atoms with van der Waals surface area (Å²) in [7, 11) is 0. The van der Waals surface area contributed by atoms with Gasteiger partial charge in [0, 0.05) is 43.1 Å². The van der Waals surface area contributed by atoms with Crippen LogP contribution in [0.25, 0.3) is 0 Å². The molecule has 2 aliphatic rings. The minimum absolute atomic E-state index is 0.0255.